The molecule has 0 amide bonds. The first-order valence-electron chi connectivity index (χ1n) is 21.6. The van der Waals surface area contributed by atoms with E-state index in [1.165, 1.54) is 27.8 Å². The van der Waals surface area contributed by atoms with E-state index in [4.69, 9.17) is 31.3 Å². The Morgan fingerprint density at radius 1 is 0.714 bits per heavy atom. The smallest absolute Gasteiger partial charge is 0.227 e. The Morgan fingerprint density at radius 2 is 1.38 bits per heavy atom. The maximum atomic E-state index is 11.0. The molecule has 3 saturated heterocycles. The van der Waals surface area contributed by atoms with Gasteiger partial charge in [0.2, 0.25) is 5.88 Å². The highest BCUT2D eigenvalue weighted by Crippen LogP contribution is 2.51. The standard InChI is InChI=1S/C54H47ClN4O3.BrH/c55-52-50(38-17-9-3-10-18-38)54(58-53(57-52)39-19-11-4-12-20-39)62-51(46-25-28-56-48-24-22-44(61)33-47(46)48)49-32-41-26-29-59(49,34-42(41)27-30-60)35-43-31-40(36-13-5-1-6-14-36)21-23-45(43)37-15-7-2-8-16-37;/h1-25,28,31,33,41-42,49,51,60H,26-27,29-30,32,34-35H2;1H/t41-,42-,49-,51+,59?;/m0./s1. The average Bonchev–Trinajstić information content (AvgIpc) is 3.32. The zero-order chi connectivity index (χ0) is 42.0. The Bertz CT molecular complexity index is 2840. The Balaban J connectivity index is 0.00000504. The molecule has 2 N–H and O–H groups in total. The van der Waals surface area contributed by atoms with Crippen LogP contribution in [-0.2, 0) is 6.54 Å². The van der Waals surface area contributed by atoms with Gasteiger partial charge in [-0.2, -0.15) is 4.98 Å². The maximum Gasteiger partial charge on any atom is 0.227 e. The number of ether oxygens (including phenoxy) is 1. The lowest BCUT2D eigenvalue weighted by Crippen LogP contribution is -3.00. The summed E-state index contributed by atoms with van der Waals surface area (Å²) in [6.45, 7) is 2.74. The Morgan fingerprint density at radius 3 is 2.08 bits per heavy atom. The number of phenols is 1. The lowest BCUT2D eigenvalue weighted by molar-refractivity contribution is -0.985. The van der Waals surface area contributed by atoms with E-state index in [9.17, 15) is 10.2 Å². The molecular formula is C54H48BrClN4O3. The van der Waals surface area contributed by atoms with Gasteiger partial charge in [0.25, 0.3) is 0 Å². The number of piperidine rings is 3. The van der Waals surface area contributed by atoms with Gasteiger partial charge in [-0.15, -0.1) is 0 Å². The highest BCUT2D eigenvalue weighted by molar-refractivity contribution is 6.32. The van der Waals surface area contributed by atoms with E-state index in [1.54, 1.807) is 12.1 Å². The van der Waals surface area contributed by atoms with E-state index in [2.05, 4.69) is 78.9 Å². The van der Waals surface area contributed by atoms with Gasteiger partial charge in [-0.25, -0.2) is 4.98 Å². The second-order valence-electron chi connectivity index (χ2n) is 16.9. The van der Waals surface area contributed by atoms with Gasteiger partial charge in [-0.3, -0.25) is 4.98 Å². The molecule has 316 valence electrons. The minimum Gasteiger partial charge on any atom is -1.00 e. The molecule has 6 aromatic carbocycles. The van der Waals surface area contributed by atoms with Crippen LogP contribution in [0.25, 0.3) is 55.7 Å². The summed E-state index contributed by atoms with van der Waals surface area (Å²) in [6.07, 6.45) is 3.98. The van der Waals surface area contributed by atoms with E-state index in [1.807, 2.05) is 79.0 Å². The predicted octanol–water partition coefficient (Wildman–Crippen LogP) is 8.98. The number of aromatic nitrogens is 3. The predicted molar refractivity (Wildman–Crippen MR) is 247 cm³/mol. The number of aromatic hydroxyl groups is 1. The van der Waals surface area contributed by atoms with Crippen molar-refractivity contribution in [2.75, 3.05) is 19.7 Å². The normalized spacial score (nSPS) is 19.6. The lowest BCUT2D eigenvalue weighted by Gasteiger charge is -2.59. The van der Waals surface area contributed by atoms with Crippen LogP contribution in [-0.4, -0.2) is 55.4 Å². The Labute approximate surface area is 384 Å². The van der Waals surface area contributed by atoms with E-state index in [-0.39, 0.29) is 35.4 Å². The summed E-state index contributed by atoms with van der Waals surface area (Å²) < 4.78 is 8.37. The van der Waals surface area contributed by atoms with Crippen LogP contribution in [0.4, 0.5) is 0 Å². The minimum atomic E-state index is -0.547. The largest absolute Gasteiger partial charge is 1.00 e. The van der Waals surface area contributed by atoms with Gasteiger partial charge in [-0.1, -0.05) is 145 Å². The lowest BCUT2D eigenvalue weighted by atomic mass is 9.70. The summed E-state index contributed by atoms with van der Waals surface area (Å²) >= 11 is 7.24. The first-order valence-corrected chi connectivity index (χ1v) is 22.0. The van der Waals surface area contributed by atoms with Gasteiger partial charge < -0.3 is 36.4 Å². The maximum absolute atomic E-state index is 11.0. The molecule has 2 aromatic heterocycles. The molecule has 0 aliphatic carbocycles. The average molecular weight is 916 g/mol. The van der Waals surface area contributed by atoms with Crippen LogP contribution < -0.4 is 21.7 Å². The fourth-order valence-corrected chi connectivity index (χ4v) is 10.7. The van der Waals surface area contributed by atoms with Crippen molar-refractivity contribution in [3.63, 3.8) is 0 Å². The van der Waals surface area contributed by atoms with Crippen molar-refractivity contribution in [1.82, 2.24) is 15.0 Å². The van der Waals surface area contributed by atoms with Crippen LogP contribution in [0.1, 0.15) is 36.5 Å². The zero-order valence-corrected chi connectivity index (χ0v) is 37.1. The second-order valence-corrected chi connectivity index (χ2v) is 17.3. The Kier molecular flexibility index (Phi) is 12.4. The van der Waals surface area contributed by atoms with Gasteiger partial charge in [-0.05, 0) is 70.5 Å². The molecule has 9 heteroatoms. The van der Waals surface area contributed by atoms with Crippen molar-refractivity contribution in [3.8, 4) is 56.4 Å². The first-order chi connectivity index (χ1) is 30.5. The van der Waals surface area contributed by atoms with Crippen LogP contribution in [0.3, 0.4) is 0 Å². The molecule has 0 radical (unpaired) electrons. The molecule has 5 atom stereocenters. The topological polar surface area (TPSA) is 88.4 Å². The van der Waals surface area contributed by atoms with E-state index in [0.717, 1.165) is 71.0 Å². The molecule has 1 unspecified atom stereocenters. The van der Waals surface area contributed by atoms with Crippen molar-refractivity contribution < 1.29 is 36.4 Å². The summed E-state index contributed by atoms with van der Waals surface area (Å²) in [5.41, 5.74) is 10.0. The zero-order valence-electron chi connectivity index (χ0n) is 34.8. The number of hydrogen-bond acceptors (Lipinski definition) is 6. The molecular weight excluding hydrogens is 868 g/mol. The van der Waals surface area contributed by atoms with Crippen molar-refractivity contribution in [2.24, 2.45) is 11.8 Å². The number of nitrogens with zero attached hydrogens (tertiary/aromatic N) is 4. The SMILES string of the molecule is OCC[C@H]1C[N+]2(Cc3cc(-c4ccccc4)ccc3-c3ccccc3)CC[C@H]1C[C@H]2[C@H](Oc1nc(-c2ccccc2)nc(Cl)c1-c1ccccc1)c1ccnc2ccc(O)cc12.[Br-]. The molecule has 3 aliphatic heterocycles. The van der Waals surface area contributed by atoms with Gasteiger partial charge in [0, 0.05) is 53.6 Å². The number of quaternary nitrogens is 1. The van der Waals surface area contributed by atoms with Crippen molar-refractivity contribution in [1.29, 1.82) is 0 Å². The van der Waals surface area contributed by atoms with Gasteiger partial charge in [0.15, 0.2) is 11.9 Å². The third-order valence-corrected chi connectivity index (χ3v) is 13.6. The highest BCUT2D eigenvalue weighted by Gasteiger charge is 2.56. The molecule has 63 heavy (non-hydrogen) atoms. The number of benzene rings is 6. The summed E-state index contributed by atoms with van der Waals surface area (Å²) in [5, 5.41) is 22.6. The number of pyridine rings is 1. The number of aliphatic hydroxyl groups excluding tert-OH is 1. The van der Waals surface area contributed by atoms with E-state index < -0.39 is 6.10 Å². The molecule has 0 saturated carbocycles. The summed E-state index contributed by atoms with van der Waals surface area (Å²) in [7, 11) is 0. The molecule has 2 bridgehead atoms. The number of fused-ring (bicyclic) bond motifs is 4. The van der Waals surface area contributed by atoms with Gasteiger partial charge in [0.05, 0.1) is 24.2 Å². The molecule has 7 nitrogen and oxygen atoms in total. The molecule has 0 spiro atoms. The number of halogens is 2. The minimum absolute atomic E-state index is 0. The fraction of sp³-hybridized carbons (Fsp3) is 0.204. The molecule has 3 fully saturated rings. The summed E-state index contributed by atoms with van der Waals surface area (Å²) in [4.78, 5) is 14.8. The van der Waals surface area contributed by atoms with Crippen LogP contribution in [0, 0.1) is 11.8 Å². The van der Waals surface area contributed by atoms with Gasteiger partial charge in [0.1, 0.15) is 23.5 Å². The van der Waals surface area contributed by atoms with E-state index >= 15 is 0 Å². The van der Waals surface area contributed by atoms with Crippen molar-refractivity contribution in [2.45, 2.75) is 38.0 Å². The monoisotopic (exact) mass is 914 g/mol. The van der Waals surface area contributed by atoms with Crippen LogP contribution in [0.2, 0.25) is 5.15 Å². The molecule has 5 heterocycles. The molecule has 11 rings (SSSR count). The van der Waals surface area contributed by atoms with Crippen LogP contribution in [0.5, 0.6) is 11.6 Å². The quantitative estimate of drug-likeness (QED) is 0.0941. The van der Waals surface area contributed by atoms with Crippen molar-refractivity contribution >= 4 is 22.5 Å². The number of phenolic OH excluding ortho intramolecular Hbond substituents is 1. The summed E-state index contributed by atoms with van der Waals surface area (Å²) in [5.74, 6) is 1.78. The number of rotatable bonds is 12. The van der Waals surface area contributed by atoms with Gasteiger partial charge >= 0.3 is 0 Å². The van der Waals surface area contributed by atoms with Crippen molar-refractivity contribution in [3.05, 3.63) is 186 Å². The third kappa shape index (κ3) is 8.49. The van der Waals surface area contributed by atoms with Crippen LogP contribution in [0.15, 0.2) is 170 Å². The highest BCUT2D eigenvalue weighted by atomic mass is 79.9. The number of aliphatic hydroxyl groups is 1. The van der Waals surface area contributed by atoms with Crippen LogP contribution >= 0.6 is 11.6 Å². The first kappa shape index (κ1) is 42.4. The summed E-state index contributed by atoms with van der Waals surface area (Å²) in [6, 6.07) is 55.4. The third-order valence-electron chi connectivity index (χ3n) is 13.3. The molecule has 3 aliphatic rings. The number of hydrogen-bond donors (Lipinski definition) is 2. The molecule has 8 aromatic rings. The fourth-order valence-electron chi connectivity index (χ4n) is 10.4. The Hall–Kier alpha value is -5.90. The second kappa shape index (κ2) is 18.4. The van der Waals surface area contributed by atoms with E-state index in [0.29, 0.717) is 34.3 Å².